The fraction of sp³-hybridized carbons (Fsp3) is 0.147. The van der Waals surface area contributed by atoms with Crippen molar-refractivity contribution >= 4 is 0 Å². The van der Waals surface area contributed by atoms with E-state index in [0.29, 0.717) is 17.4 Å². The van der Waals surface area contributed by atoms with Gasteiger partial charge in [-0.3, -0.25) is 0 Å². The molecule has 1 unspecified atom stereocenters. The van der Waals surface area contributed by atoms with Gasteiger partial charge in [-0.2, -0.15) is 0 Å². The monoisotopic (exact) mass is 501 g/mol. The van der Waals surface area contributed by atoms with E-state index < -0.39 is 5.41 Å². The van der Waals surface area contributed by atoms with Crippen LogP contribution in [-0.4, -0.2) is 4.98 Å². The minimum absolute atomic E-state index is 0.0334. The van der Waals surface area contributed by atoms with Gasteiger partial charge in [0.1, 0.15) is 23.1 Å². The molecule has 0 fully saturated rings. The van der Waals surface area contributed by atoms with Crippen LogP contribution in [0.15, 0.2) is 115 Å². The minimum Gasteiger partial charge on any atom is -0.457 e. The Morgan fingerprint density at radius 2 is 1.45 bits per heavy atom. The van der Waals surface area contributed by atoms with Crippen LogP contribution in [-0.2, 0) is 10.8 Å². The van der Waals surface area contributed by atoms with Crippen LogP contribution in [0.5, 0.6) is 23.1 Å². The maximum Gasteiger partial charge on any atom is 0.219 e. The number of hydrogen-bond acceptors (Lipinski definition) is 3. The van der Waals surface area contributed by atoms with Crippen molar-refractivity contribution in [3.63, 3.8) is 0 Å². The second-order valence-electron chi connectivity index (χ2n) is 10.6. The second-order valence-corrected chi connectivity index (χ2v) is 10.6. The number of hydrogen-bond donors (Lipinski definition) is 0. The van der Waals surface area contributed by atoms with E-state index in [1.54, 1.807) is 18.3 Å². The molecule has 0 aliphatic carbocycles. The van der Waals surface area contributed by atoms with Gasteiger partial charge in [-0.15, -0.1) is 0 Å². The van der Waals surface area contributed by atoms with Crippen LogP contribution in [0.4, 0.5) is 4.39 Å². The van der Waals surface area contributed by atoms with E-state index in [0.717, 1.165) is 33.6 Å². The third-order valence-corrected chi connectivity index (χ3v) is 7.15. The molecule has 4 heteroatoms. The molecule has 188 valence electrons. The zero-order valence-corrected chi connectivity index (χ0v) is 21.6. The lowest BCUT2D eigenvalue weighted by Gasteiger charge is -2.41. The molecule has 1 aliphatic rings. The Labute approximate surface area is 222 Å². The lowest BCUT2D eigenvalue weighted by molar-refractivity contribution is 0.425. The maximum absolute atomic E-state index is 14.8. The zero-order chi connectivity index (χ0) is 26.3. The van der Waals surface area contributed by atoms with Gasteiger partial charge in [0.15, 0.2) is 0 Å². The standard InChI is InChI=1S/C34H28FNO2/c1-33(2,3)24-18-19-36-32(21-24)37-27-16-17-31-29(22-27)34(23-10-5-4-6-11-23,25-12-9-13-26(35)20-25)28-14-7-8-15-30(28)38-31/h4-22H,1-3H3. The minimum atomic E-state index is -0.826. The molecule has 0 saturated carbocycles. The second kappa shape index (κ2) is 9.14. The summed E-state index contributed by atoms with van der Waals surface area (Å²) in [5.74, 6) is 2.29. The Hall–Kier alpha value is -4.44. The molecular weight excluding hydrogens is 473 g/mol. The number of halogens is 1. The van der Waals surface area contributed by atoms with E-state index in [2.05, 4.69) is 44.0 Å². The number of rotatable bonds is 4. The molecule has 0 radical (unpaired) electrons. The largest absolute Gasteiger partial charge is 0.457 e. The lowest BCUT2D eigenvalue weighted by Crippen LogP contribution is -2.34. The van der Waals surface area contributed by atoms with Gasteiger partial charge in [-0.25, -0.2) is 9.37 Å². The topological polar surface area (TPSA) is 31.4 Å². The van der Waals surface area contributed by atoms with E-state index >= 15 is 0 Å². The summed E-state index contributed by atoms with van der Waals surface area (Å²) in [6.07, 6.45) is 1.77. The molecular formula is C34H28FNO2. The highest BCUT2D eigenvalue weighted by Crippen LogP contribution is 2.56. The number of aromatic nitrogens is 1. The average Bonchev–Trinajstić information content (AvgIpc) is 2.92. The van der Waals surface area contributed by atoms with E-state index in [1.807, 2.05) is 72.8 Å². The first-order valence-corrected chi connectivity index (χ1v) is 12.7. The highest BCUT2D eigenvalue weighted by molar-refractivity contribution is 5.70. The Balaban J connectivity index is 1.59. The number of fused-ring (bicyclic) bond motifs is 2. The summed E-state index contributed by atoms with van der Waals surface area (Å²) in [6.45, 7) is 6.48. The van der Waals surface area contributed by atoms with Crippen LogP contribution in [0, 0.1) is 5.82 Å². The first-order valence-electron chi connectivity index (χ1n) is 12.7. The summed E-state index contributed by atoms with van der Waals surface area (Å²) >= 11 is 0. The molecule has 1 aromatic heterocycles. The van der Waals surface area contributed by atoms with E-state index in [9.17, 15) is 4.39 Å². The van der Waals surface area contributed by atoms with Crippen molar-refractivity contribution in [3.05, 3.63) is 149 Å². The van der Waals surface area contributed by atoms with Gasteiger partial charge in [-0.1, -0.05) is 81.4 Å². The van der Waals surface area contributed by atoms with Gasteiger partial charge in [0, 0.05) is 23.4 Å². The zero-order valence-electron chi connectivity index (χ0n) is 21.6. The van der Waals surface area contributed by atoms with Gasteiger partial charge < -0.3 is 9.47 Å². The van der Waals surface area contributed by atoms with E-state index in [-0.39, 0.29) is 11.2 Å². The SMILES string of the molecule is CC(C)(C)c1ccnc(Oc2ccc3c(c2)C(c2ccccc2)(c2cccc(F)c2)c2ccccc2O3)c1. The van der Waals surface area contributed by atoms with Crippen molar-refractivity contribution in [2.24, 2.45) is 0 Å². The predicted octanol–water partition coefficient (Wildman–Crippen LogP) is 8.80. The van der Waals surface area contributed by atoms with Crippen LogP contribution >= 0.6 is 0 Å². The van der Waals surface area contributed by atoms with Gasteiger partial charge in [0.25, 0.3) is 0 Å². The molecule has 1 atom stereocenters. The third-order valence-electron chi connectivity index (χ3n) is 7.15. The number of pyridine rings is 1. The summed E-state index contributed by atoms with van der Waals surface area (Å²) in [7, 11) is 0. The average molecular weight is 502 g/mol. The van der Waals surface area contributed by atoms with Crippen molar-refractivity contribution in [2.45, 2.75) is 31.6 Å². The molecule has 5 aromatic rings. The van der Waals surface area contributed by atoms with Gasteiger partial charge >= 0.3 is 0 Å². The first kappa shape index (κ1) is 23.9. The van der Waals surface area contributed by atoms with Gasteiger partial charge in [-0.05, 0) is 64.6 Å². The molecule has 6 rings (SSSR count). The van der Waals surface area contributed by atoms with Crippen molar-refractivity contribution in [2.75, 3.05) is 0 Å². The Bertz CT molecular complexity index is 1620. The summed E-state index contributed by atoms with van der Waals surface area (Å²) < 4.78 is 27.5. The molecule has 0 spiro atoms. The number of benzene rings is 4. The van der Waals surface area contributed by atoms with Crippen LogP contribution in [0.3, 0.4) is 0 Å². The molecule has 38 heavy (non-hydrogen) atoms. The first-order chi connectivity index (χ1) is 18.4. The Morgan fingerprint density at radius 3 is 2.24 bits per heavy atom. The van der Waals surface area contributed by atoms with Gasteiger partial charge in [0.05, 0.1) is 5.41 Å². The van der Waals surface area contributed by atoms with Crippen molar-refractivity contribution in [1.82, 2.24) is 4.98 Å². The van der Waals surface area contributed by atoms with Crippen LogP contribution < -0.4 is 9.47 Å². The molecule has 3 nitrogen and oxygen atoms in total. The lowest BCUT2D eigenvalue weighted by atomic mass is 9.63. The smallest absolute Gasteiger partial charge is 0.219 e. The van der Waals surface area contributed by atoms with Crippen LogP contribution in [0.1, 0.15) is 48.6 Å². The van der Waals surface area contributed by atoms with Crippen molar-refractivity contribution in [1.29, 1.82) is 0 Å². The number of ether oxygens (including phenoxy) is 2. The third kappa shape index (κ3) is 4.03. The quantitative estimate of drug-likeness (QED) is 0.242. The summed E-state index contributed by atoms with van der Waals surface area (Å²) in [6, 6.07) is 34.7. The highest BCUT2D eigenvalue weighted by Gasteiger charge is 2.45. The Kier molecular flexibility index (Phi) is 5.76. The summed E-state index contributed by atoms with van der Waals surface area (Å²) in [5.41, 5.74) is 3.91. The van der Waals surface area contributed by atoms with Crippen molar-refractivity contribution < 1.29 is 13.9 Å². The van der Waals surface area contributed by atoms with Crippen LogP contribution in [0.2, 0.25) is 0 Å². The van der Waals surface area contributed by atoms with E-state index in [4.69, 9.17) is 9.47 Å². The molecule has 0 bridgehead atoms. The summed E-state index contributed by atoms with van der Waals surface area (Å²) in [4.78, 5) is 4.46. The normalized spacial score (nSPS) is 16.2. The highest BCUT2D eigenvalue weighted by atomic mass is 19.1. The molecule has 0 N–H and O–H groups in total. The Morgan fingerprint density at radius 1 is 0.711 bits per heavy atom. The van der Waals surface area contributed by atoms with E-state index in [1.165, 1.54) is 6.07 Å². The molecule has 1 aliphatic heterocycles. The molecule has 4 aromatic carbocycles. The van der Waals surface area contributed by atoms with Crippen molar-refractivity contribution in [3.8, 4) is 23.1 Å². The number of para-hydroxylation sites is 1. The molecule has 0 saturated heterocycles. The fourth-order valence-electron chi connectivity index (χ4n) is 5.33. The van der Waals surface area contributed by atoms with Crippen LogP contribution in [0.25, 0.3) is 0 Å². The molecule has 0 amide bonds. The number of nitrogens with zero attached hydrogens (tertiary/aromatic N) is 1. The fourth-order valence-corrected chi connectivity index (χ4v) is 5.33. The predicted molar refractivity (Wildman–Crippen MR) is 148 cm³/mol. The van der Waals surface area contributed by atoms with Gasteiger partial charge in [0.2, 0.25) is 5.88 Å². The maximum atomic E-state index is 14.8. The molecule has 2 heterocycles. The summed E-state index contributed by atoms with van der Waals surface area (Å²) in [5, 5.41) is 0.